The van der Waals surface area contributed by atoms with Gasteiger partial charge in [-0.25, -0.2) is 8.42 Å². The number of carboxylic acids is 1. The van der Waals surface area contributed by atoms with Crippen LogP contribution in [0, 0.1) is 0 Å². The number of hydrogen-bond donors (Lipinski definition) is 4. The van der Waals surface area contributed by atoms with Crippen LogP contribution in [0.1, 0.15) is 12.0 Å². The van der Waals surface area contributed by atoms with Crippen LogP contribution in [0.5, 0.6) is 5.75 Å². The first-order chi connectivity index (χ1) is 15.1. The van der Waals surface area contributed by atoms with Crippen LogP contribution in [0.2, 0.25) is 10.0 Å². The molecule has 1 atom stereocenters. The predicted molar refractivity (Wildman–Crippen MR) is 120 cm³/mol. The van der Waals surface area contributed by atoms with Gasteiger partial charge in [-0.15, -0.1) is 0 Å². The van der Waals surface area contributed by atoms with Crippen molar-refractivity contribution in [2.75, 3.05) is 13.2 Å². The second-order valence-corrected chi connectivity index (χ2v) is 9.02. The number of sulfonamides is 1. The lowest BCUT2D eigenvalue weighted by Crippen LogP contribution is -2.42. The van der Waals surface area contributed by atoms with Crippen molar-refractivity contribution in [1.82, 2.24) is 4.72 Å². The Morgan fingerprint density at radius 3 is 2.38 bits per heavy atom. The number of halogens is 2. The van der Waals surface area contributed by atoms with Crippen molar-refractivity contribution < 1.29 is 27.9 Å². The highest BCUT2D eigenvalue weighted by Crippen LogP contribution is 2.25. The van der Waals surface area contributed by atoms with Gasteiger partial charge in [0.2, 0.25) is 16.0 Å². The molecule has 0 aliphatic rings. The van der Waals surface area contributed by atoms with Gasteiger partial charge in [0.15, 0.2) is 0 Å². The molecule has 0 aromatic heterocycles. The summed E-state index contributed by atoms with van der Waals surface area (Å²) in [5.74, 6) is -0.936. The molecule has 0 amide bonds. The van der Waals surface area contributed by atoms with E-state index in [1.807, 2.05) is 0 Å². The number of nitrogens with zero attached hydrogens (tertiary/aromatic N) is 1. The minimum absolute atomic E-state index is 0.0415. The highest BCUT2D eigenvalue weighted by atomic mass is 35.5. The van der Waals surface area contributed by atoms with Gasteiger partial charge >= 0.3 is 5.97 Å². The van der Waals surface area contributed by atoms with Gasteiger partial charge in [-0.3, -0.25) is 4.79 Å². The number of benzene rings is 2. The Morgan fingerprint density at radius 2 is 1.78 bits per heavy atom. The number of guanidine groups is 1. The Bertz CT molecular complexity index is 1060. The summed E-state index contributed by atoms with van der Waals surface area (Å²) in [7, 11) is -4.13. The zero-order valence-electron chi connectivity index (χ0n) is 16.7. The summed E-state index contributed by atoms with van der Waals surface area (Å²) >= 11 is 11.7. The van der Waals surface area contributed by atoms with Crippen molar-refractivity contribution in [1.29, 1.82) is 0 Å². The van der Waals surface area contributed by atoms with Gasteiger partial charge in [-0.2, -0.15) is 4.72 Å². The van der Waals surface area contributed by atoms with E-state index in [9.17, 15) is 18.3 Å². The summed E-state index contributed by atoms with van der Waals surface area (Å²) in [6.45, 7) is 0.621. The summed E-state index contributed by atoms with van der Waals surface area (Å²) in [6, 6.07) is 8.92. The molecule has 0 radical (unpaired) electrons. The maximum atomic E-state index is 12.6. The molecule has 174 valence electrons. The molecule has 0 aliphatic carbocycles. The van der Waals surface area contributed by atoms with Gasteiger partial charge in [0.25, 0.3) is 0 Å². The zero-order chi connectivity index (χ0) is 23.7. The molecule has 0 bridgehead atoms. The van der Waals surface area contributed by atoms with E-state index < -0.39 is 22.0 Å². The minimum atomic E-state index is -4.13. The van der Waals surface area contributed by atoms with Gasteiger partial charge in [-0.1, -0.05) is 35.3 Å². The molecule has 0 saturated heterocycles. The molecule has 2 aromatic carbocycles. The average Bonchev–Trinajstić information content (AvgIpc) is 2.72. The number of aliphatic carboxylic acids is 1. The molecule has 0 fully saturated rings. The number of carboxylic acid groups (broad SMARTS) is 1. The molecule has 1 unspecified atom stereocenters. The van der Waals surface area contributed by atoms with Crippen LogP contribution in [-0.2, 0) is 26.1 Å². The topological polar surface area (TPSA) is 166 Å². The van der Waals surface area contributed by atoms with E-state index in [0.29, 0.717) is 24.3 Å². The van der Waals surface area contributed by atoms with E-state index in [-0.39, 0.29) is 33.9 Å². The Morgan fingerprint density at radius 1 is 1.09 bits per heavy atom. The van der Waals surface area contributed by atoms with Gasteiger partial charge in [0.05, 0.1) is 21.5 Å². The van der Waals surface area contributed by atoms with E-state index in [1.165, 1.54) is 12.1 Å². The number of carbonyl (C=O) groups is 1. The third kappa shape index (κ3) is 8.08. The van der Waals surface area contributed by atoms with Crippen LogP contribution in [0.25, 0.3) is 0 Å². The standard InChI is InChI=1S/C19H22Cl2N4O6S/c20-15-7-6-14(11-16(15)21)32(28,29)25-17(18(26)27)10-12-2-4-13(5-3-12)30-8-1-9-31-24-19(22)23/h2-7,11,17,25H,1,8-10H2,(H,26,27)(H4,22,23,24). The Labute approximate surface area is 195 Å². The normalized spacial score (nSPS) is 12.1. The largest absolute Gasteiger partial charge is 0.493 e. The molecule has 0 saturated carbocycles. The lowest BCUT2D eigenvalue weighted by atomic mass is 10.1. The fourth-order valence-electron chi connectivity index (χ4n) is 2.47. The Hall–Kier alpha value is -2.73. The summed E-state index contributed by atoms with van der Waals surface area (Å²) in [5, 5.41) is 13.1. The Kier molecular flexibility index (Phi) is 9.39. The maximum Gasteiger partial charge on any atom is 0.322 e. The molecule has 2 rings (SSSR count). The van der Waals surface area contributed by atoms with Crippen LogP contribution >= 0.6 is 23.2 Å². The summed E-state index contributed by atoms with van der Waals surface area (Å²) in [5.41, 5.74) is 10.8. The number of oxime groups is 1. The number of nitrogens with two attached hydrogens (primary N) is 2. The number of rotatable bonds is 12. The SMILES string of the molecule is NC(N)=NOCCCOc1ccc(CC(NS(=O)(=O)c2ccc(Cl)c(Cl)c2)C(=O)O)cc1. The molecule has 13 heteroatoms. The second kappa shape index (κ2) is 11.8. The minimum Gasteiger partial charge on any atom is -0.493 e. The molecule has 0 spiro atoms. The molecule has 10 nitrogen and oxygen atoms in total. The van der Waals surface area contributed by atoms with Crippen molar-refractivity contribution in [2.24, 2.45) is 16.6 Å². The van der Waals surface area contributed by atoms with E-state index >= 15 is 0 Å². The van der Waals surface area contributed by atoms with E-state index in [1.54, 1.807) is 24.3 Å². The van der Waals surface area contributed by atoms with Gasteiger partial charge in [0.1, 0.15) is 18.4 Å². The summed E-state index contributed by atoms with van der Waals surface area (Å²) in [4.78, 5) is 16.3. The van der Waals surface area contributed by atoms with E-state index in [2.05, 4.69) is 9.88 Å². The molecule has 2 aromatic rings. The zero-order valence-corrected chi connectivity index (χ0v) is 19.0. The van der Waals surface area contributed by atoms with Crippen molar-refractivity contribution in [3.63, 3.8) is 0 Å². The van der Waals surface area contributed by atoms with Gasteiger partial charge in [-0.05, 0) is 47.5 Å². The van der Waals surface area contributed by atoms with Crippen LogP contribution in [0.4, 0.5) is 0 Å². The van der Waals surface area contributed by atoms with Gasteiger partial charge < -0.3 is 26.1 Å². The van der Waals surface area contributed by atoms with Gasteiger partial charge in [0, 0.05) is 6.42 Å². The fourth-order valence-corrected chi connectivity index (χ4v) is 4.05. The number of ether oxygens (including phenoxy) is 1. The second-order valence-electron chi connectivity index (χ2n) is 6.49. The van der Waals surface area contributed by atoms with Crippen molar-refractivity contribution >= 4 is 45.2 Å². The van der Waals surface area contributed by atoms with E-state index in [0.717, 1.165) is 6.07 Å². The van der Waals surface area contributed by atoms with Crippen molar-refractivity contribution in [3.8, 4) is 5.75 Å². The number of nitrogens with one attached hydrogen (secondary N) is 1. The van der Waals surface area contributed by atoms with Crippen LogP contribution in [0.3, 0.4) is 0 Å². The summed E-state index contributed by atoms with van der Waals surface area (Å²) < 4.78 is 32.8. The highest BCUT2D eigenvalue weighted by Gasteiger charge is 2.26. The third-order valence-electron chi connectivity index (χ3n) is 3.98. The summed E-state index contributed by atoms with van der Waals surface area (Å²) in [6.07, 6.45) is 0.457. The Balaban J connectivity index is 1.95. The maximum absolute atomic E-state index is 12.6. The first-order valence-corrected chi connectivity index (χ1v) is 11.4. The molecule has 0 aliphatic heterocycles. The van der Waals surface area contributed by atoms with Crippen LogP contribution < -0.4 is 20.9 Å². The molecule has 6 N–H and O–H groups in total. The lowest BCUT2D eigenvalue weighted by molar-refractivity contribution is -0.138. The highest BCUT2D eigenvalue weighted by molar-refractivity contribution is 7.89. The predicted octanol–water partition coefficient (Wildman–Crippen LogP) is 1.94. The molecular weight excluding hydrogens is 483 g/mol. The lowest BCUT2D eigenvalue weighted by Gasteiger charge is -2.15. The fraction of sp³-hybridized carbons (Fsp3) is 0.263. The van der Waals surface area contributed by atoms with Crippen molar-refractivity contribution in [2.45, 2.75) is 23.8 Å². The molecule has 32 heavy (non-hydrogen) atoms. The quantitative estimate of drug-likeness (QED) is 0.147. The number of hydrogen-bond acceptors (Lipinski definition) is 6. The van der Waals surface area contributed by atoms with E-state index in [4.69, 9.17) is 44.2 Å². The molecule has 0 heterocycles. The molecular formula is C19H22Cl2N4O6S. The van der Waals surface area contributed by atoms with Crippen LogP contribution in [0.15, 0.2) is 52.5 Å². The van der Waals surface area contributed by atoms with Crippen LogP contribution in [-0.4, -0.2) is 44.7 Å². The van der Waals surface area contributed by atoms with Crippen molar-refractivity contribution in [3.05, 3.63) is 58.1 Å². The monoisotopic (exact) mass is 504 g/mol. The average molecular weight is 505 g/mol. The smallest absolute Gasteiger partial charge is 0.322 e. The first-order valence-electron chi connectivity index (χ1n) is 9.21. The first kappa shape index (κ1) is 25.5. The third-order valence-corrected chi connectivity index (χ3v) is 6.19.